The van der Waals surface area contributed by atoms with Gasteiger partial charge in [0.2, 0.25) is 11.5 Å². The highest BCUT2D eigenvalue weighted by Gasteiger charge is 2.40. The number of piperidine rings is 1. The molecule has 0 bridgehead atoms. The molecular formula is C34H48N4O4Si. The maximum atomic E-state index is 13.0. The summed E-state index contributed by atoms with van der Waals surface area (Å²) in [5, 5.41) is 15.1. The summed E-state index contributed by atoms with van der Waals surface area (Å²) < 4.78 is 6.97. The van der Waals surface area contributed by atoms with Crippen molar-refractivity contribution in [3.63, 3.8) is 0 Å². The van der Waals surface area contributed by atoms with Crippen LogP contribution in [0.1, 0.15) is 62.8 Å². The maximum absolute atomic E-state index is 13.0. The minimum absolute atomic E-state index is 0.0344. The fourth-order valence-corrected chi connectivity index (χ4v) is 7.32. The highest BCUT2D eigenvalue weighted by Crippen LogP contribution is 2.41. The molecule has 3 heterocycles. The number of aromatic nitrogens is 1. The number of nitrogens with zero attached hydrogens (tertiary/aromatic N) is 2. The van der Waals surface area contributed by atoms with Crippen LogP contribution in [-0.4, -0.2) is 72.9 Å². The smallest absolute Gasteiger partial charge is 0.248 e. The van der Waals surface area contributed by atoms with Gasteiger partial charge < -0.3 is 29.6 Å². The van der Waals surface area contributed by atoms with Gasteiger partial charge in [0, 0.05) is 50.1 Å². The molecule has 8 nitrogen and oxygen atoms in total. The van der Waals surface area contributed by atoms with Crippen molar-refractivity contribution in [2.24, 2.45) is 0 Å². The molecule has 9 heteroatoms. The highest BCUT2D eigenvalue weighted by molar-refractivity contribution is 6.74. The standard InChI is InChI=1S/C34H48N4O4Si/c1-34(2,3)43(4,5)42-30(27-10-12-29(39)33-28(27)11-13-31(40)36-33)22-35-26-15-18-37(19-16-26)20-17-32(41)38-21-14-24-8-6-7-9-25(24)23-38/h6-13,26,30,35,39H,14-23H2,1-5H3,(H,36,40)/t30-/m0/s1. The lowest BCUT2D eigenvalue weighted by atomic mass is 9.99. The van der Waals surface area contributed by atoms with Crippen molar-refractivity contribution in [3.8, 4) is 5.75 Å². The van der Waals surface area contributed by atoms with Gasteiger partial charge in [-0.2, -0.15) is 0 Å². The van der Waals surface area contributed by atoms with E-state index in [9.17, 15) is 14.7 Å². The van der Waals surface area contributed by atoms with E-state index in [0.29, 0.717) is 24.5 Å². The van der Waals surface area contributed by atoms with Crippen molar-refractivity contribution in [2.45, 2.75) is 83.3 Å². The zero-order valence-corrected chi connectivity index (χ0v) is 27.4. The molecule has 0 saturated carbocycles. The summed E-state index contributed by atoms with van der Waals surface area (Å²) in [6.45, 7) is 16.1. The van der Waals surface area contributed by atoms with E-state index in [-0.39, 0.29) is 28.4 Å². The molecule has 0 aliphatic carbocycles. The Morgan fingerprint density at radius 1 is 1.07 bits per heavy atom. The van der Waals surface area contributed by atoms with Crippen LogP contribution < -0.4 is 10.9 Å². The zero-order valence-electron chi connectivity index (χ0n) is 26.4. The molecule has 1 atom stereocenters. The van der Waals surface area contributed by atoms with Gasteiger partial charge in [0.25, 0.3) is 0 Å². The molecule has 5 rings (SSSR count). The number of fused-ring (bicyclic) bond motifs is 2. The van der Waals surface area contributed by atoms with Gasteiger partial charge in [-0.15, -0.1) is 0 Å². The lowest BCUT2D eigenvalue weighted by Gasteiger charge is -2.40. The van der Waals surface area contributed by atoms with Gasteiger partial charge in [0.1, 0.15) is 5.75 Å². The van der Waals surface area contributed by atoms with E-state index in [1.54, 1.807) is 12.1 Å². The van der Waals surface area contributed by atoms with Crippen LogP contribution in [0.25, 0.3) is 10.9 Å². The van der Waals surface area contributed by atoms with Crippen LogP contribution in [0.5, 0.6) is 5.75 Å². The Hall–Kier alpha value is -2.98. The van der Waals surface area contributed by atoms with Crippen LogP contribution in [0.4, 0.5) is 0 Å². The van der Waals surface area contributed by atoms with Crippen molar-refractivity contribution in [2.75, 3.05) is 32.7 Å². The molecule has 2 aliphatic heterocycles. The number of nitrogens with one attached hydrogen (secondary N) is 2. The molecular weight excluding hydrogens is 556 g/mol. The number of H-pyrrole nitrogens is 1. The van der Waals surface area contributed by atoms with Crippen molar-refractivity contribution in [1.82, 2.24) is 20.1 Å². The molecule has 1 amide bonds. The van der Waals surface area contributed by atoms with Crippen LogP contribution >= 0.6 is 0 Å². The van der Waals surface area contributed by atoms with Crippen molar-refractivity contribution in [1.29, 1.82) is 0 Å². The molecule has 3 aromatic rings. The van der Waals surface area contributed by atoms with Gasteiger partial charge in [-0.25, -0.2) is 0 Å². The molecule has 0 unspecified atom stereocenters. The van der Waals surface area contributed by atoms with Gasteiger partial charge in [-0.05, 0) is 79.3 Å². The molecule has 3 N–H and O–H groups in total. The SMILES string of the molecule is CC(C)(C)[Si](C)(C)O[C@@H](CNC1CCN(CCC(=O)N2CCc3ccccc3C2)CC1)c1ccc(O)c2[nH]c(=O)ccc12. The molecule has 232 valence electrons. The number of pyridine rings is 1. The van der Waals surface area contributed by atoms with Gasteiger partial charge in [0.15, 0.2) is 8.32 Å². The zero-order chi connectivity index (χ0) is 30.8. The van der Waals surface area contributed by atoms with Crippen molar-refractivity contribution >= 4 is 25.1 Å². The lowest BCUT2D eigenvalue weighted by Crippen LogP contribution is -2.47. The lowest BCUT2D eigenvalue weighted by molar-refractivity contribution is -0.132. The largest absolute Gasteiger partial charge is 0.506 e. The monoisotopic (exact) mass is 604 g/mol. The number of aromatic amines is 1. The number of hydrogen-bond acceptors (Lipinski definition) is 6. The first-order valence-electron chi connectivity index (χ1n) is 15.7. The summed E-state index contributed by atoms with van der Waals surface area (Å²) in [6.07, 6.45) is 3.32. The van der Waals surface area contributed by atoms with Crippen LogP contribution in [0.3, 0.4) is 0 Å². The Morgan fingerprint density at radius 2 is 1.79 bits per heavy atom. The number of likely N-dealkylation sites (tertiary alicyclic amines) is 1. The summed E-state index contributed by atoms with van der Waals surface area (Å²) in [7, 11) is -2.13. The molecule has 2 aromatic carbocycles. The normalized spacial score (nSPS) is 17.7. The first kappa shape index (κ1) is 31.4. The van der Waals surface area contributed by atoms with Crippen LogP contribution in [0, 0.1) is 0 Å². The quantitative estimate of drug-likeness (QED) is 0.286. The average molecular weight is 605 g/mol. The summed E-state index contributed by atoms with van der Waals surface area (Å²) in [5.41, 5.74) is 3.82. The predicted molar refractivity (Wildman–Crippen MR) is 175 cm³/mol. The first-order chi connectivity index (χ1) is 20.4. The average Bonchev–Trinajstić information content (AvgIpc) is 2.98. The fourth-order valence-electron chi connectivity index (χ4n) is 6.04. The minimum atomic E-state index is -2.13. The van der Waals surface area contributed by atoms with E-state index < -0.39 is 8.32 Å². The fraction of sp³-hybridized carbons (Fsp3) is 0.529. The summed E-state index contributed by atoms with van der Waals surface area (Å²) in [6, 6.07) is 15.7. The topological polar surface area (TPSA) is 97.9 Å². The Morgan fingerprint density at radius 3 is 2.51 bits per heavy atom. The second kappa shape index (κ2) is 12.9. The predicted octanol–water partition coefficient (Wildman–Crippen LogP) is 5.33. The second-order valence-electron chi connectivity index (χ2n) is 13.8. The number of rotatable bonds is 9. The number of benzene rings is 2. The van der Waals surface area contributed by atoms with E-state index in [1.807, 2.05) is 11.0 Å². The number of phenolic OH excluding ortho intramolecular Hbond substituents is 1. The number of aromatic hydroxyl groups is 1. The molecule has 1 fully saturated rings. The van der Waals surface area contributed by atoms with Crippen LogP contribution in [0.2, 0.25) is 18.1 Å². The minimum Gasteiger partial charge on any atom is -0.506 e. The number of phenols is 1. The molecule has 0 radical (unpaired) electrons. The number of carbonyl (C=O) groups is 1. The van der Waals surface area contributed by atoms with E-state index in [2.05, 4.69) is 73.3 Å². The molecule has 43 heavy (non-hydrogen) atoms. The number of hydrogen-bond donors (Lipinski definition) is 3. The third-order valence-electron chi connectivity index (χ3n) is 9.80. The van der Waals surface area contributed by atoms with Crippen LogP contribution in [-0.2, 0) is 22.2 Å². The van der Waals surface area contributed by atoms with E-state index >= 15 is 0 Å². The van der Waals surface area contributed by atoms with Crippen molar-refractivity contribution in [3.05, 3.63) is 75.6 Å². The molecule has 2 aliphatic rings. The van der Waals surface area contributed by atoms with E-state index in [1.165, 1.54) is 17.2 Å². The van der Waals surface area contributed by atoms with Gasteiger partial charge in [-0.1, -0.05) is 51.1 Å². The van der Waals surface area contributed by atoms with Crippen LogP contribution in [0.15, 0.2) is 53.3 Å². The molecule has 1 saturated heterocycles. The van der Waals surface area contributed by atoms with Gasteiger partial charge >= 0.3 is 0 Å². The van der Waals surface area contributed by atoms with E-state index in [4.69, 9.17) is 4.43 Å². The Labute approximate surface area is 256 Å². The summed E-state index contributed by atoms with van der Waals surface area (Å²) in [5.74, 6) is 0.314. The number of amides is 1. The highest BCUT2D eigenvalue weighted by atomic mass is 28.4. The summed E-state index contributed by atoms with van der Waals surface area (Å²) >= 11 is 0. The third kappa shape index (κ3) is 7.40. The Bertz CT molecular complexity index is 1490. The Kier molecular flexibility index (Phi) is 9.46. The van der Waals surface area contributed by atoms with Gasteiger partial charge in [-0.3, -0.25) is 9.59 Å². The number of carbonyl (C=O) groups excluding carboxylic acids is 1. The van der Waals surface area contributed by atoms with Crippen molar-refractivity contribution < 1.29 is 14.3 Å². The molecule has 1 aromatic heterocycles. The third-order valence-corrected chi connectivity index (χ3v) is 14.3. The summed E-state index contributed by atoms with van der Waals surface area (Å²) in [4.78, 5) is 32.2. The first-order valence-corrected chi connectivity index (χ1v) is 18.6. The van der Waals surface area contributed by atoms with E-state index in [0.717, 1.165) is 62.9 Å². The molecule has 0 spiro atoms. The second-order valence-corrected chi connectivity index (χ2v) is 18.5. The van der Waals surface area contributed by atoms with Gasteiger partial charge in [0.05, 0.1) is 11.6 Å². The Balaban J connectivity index is 1.18. The maximum Gasteiger partial charge on any atom is 0.248 e.